The van der Waals surface area contributed by atoms with Crippen LogP contribution in [-0.2, 0) is 17.6 Å². The van der Waals surface area contributed by atoms with Crippen molar-refractivity contribution in [2.45, 2.75) is 40.0 Å². The second-order valence-corrected chi connectivity index (χ2v) is 6.00. The third-order valence-electron chi connectivity index (χ3n) is 2.91. The van der Waals surface area contributed by atoms with Gasteiger partial charge >= 0.3 is 0 Å². The highest BCUT2D eigenvalue weighted by Gasteiger charge is 2.17. The minimum atomic E-state index is 0.158. The number of fused-ring (bicyclic) bond motifs is 1. The van der Waals surface area contributed by atoms with Gasteiger partial charge in [-0.05, 0) is 35.1 Å². The summed E-state index contributed by atoms with van der Waals surface area (Å²) in [7, 11) is 0. The van der Waals surface area contributed by atoms with Gasteiger partial charge in [0.15, 0.2) is 0 Å². The molecule has 1 aliphatic rings. The Morgan fingerprint density at radius 3 is 2.65 bits per heavy atom. The Bertz CT molecular complexity index is 427. The molecule has 17 heavy (non-hydrogen) atoms. The molecule has 0 heterocycles. The van der Waals surface area contributed by atoms with Crippen molar-refractivity contribution in [1.29, 1.82) is 0 Å². The molecule has 0 atom stereocenters. The molecule has 0 bridgehead atoms. The van der Waals surface area contributed by atoms with E-state index >= 15 is 0 Å². The summed E-state index contributed by atoms with van der Waals surface area (Å²) in [4.78, 5) is 11.4. The van der Waals surface area contributed by atoms with Gasteiger partial charge in [-0.15, -0.1) is 0 Å². The number of ether oxygens (including phenoxy) is 1. The van der Waals surface area contributed by atoms with Gasteiger partial charge in [0.1, 0.15) is 11.5 Å². The molecule has 1 aromatic rings. The zero-order valence-corrected chi connectivity index (χ0v) is 10.9. The van der Waals surface area contributed by atoms with Gasteiger partial charge in [-0.1, -0.05) is 26.8 Å². The van der Waals surface area contributed by atoms with Crippen LogP contribution in [-0.4, -0.2) is 12.4 Å². The van der Waals surface area contributed by atoms with Crippen molar-refractivity contribution < 1.29 is 9.53 Å². The zero-order chi connectivity index (χ0) is 12.5. The fraction of sp³-hybridized carbons (Fsp3) is 0.533. The first-order chi connectivity index (χ1) is 7.94. The molecule has 0 unspecified atom stereocenters. The van der Waals surface area contributed by atoms with E-state index in [0.717, 1.165) is 17.7 Å². The van der Waals surface area contributed by atoms with Crippen molar-refractivity contribution in [3.8, 4) is 5.75 Å². The minimum absolute atomic E-state index is 0.158. The van der Waals surface area contributed by atoms with Crippen LogP contribution in [0.5, 0.6) is 5.75 Å². The normalized spacial score (nSPS) is 15.6. The summed E-state index contributed by atoms with van der Waals surface area (Å²) in [5.41, 5.74) is 2.60. The van der Waals surface area contributed by atoms with Gasteiger partial charge in [0.2, 0.25) is 0 Å². The third-order valence-corrected chi connectivity index (χ3v) is 2.91. The molecule has 1 aromatic carbocycles. The van der Waals surface area contributed by atoms with Gasteiger partial charge in [0, 0.05) is 12.8 Å². The lowest BCUT2D eigenvalue weighted by molar-refractivity contribution is -0.118. The number of carbonyl (C=O) groups is 1. The summed E-state index contributed by atoms with van der Waals surface area (Å²) in [6.07, 6.45) is 2.14. The highest BCUT2D eigenvalue weighted by molar-refractivity contribution is 5.83. The molecule has 0 saturated carbocycles. The molecule has 0 fully saturated rings. The minimum Gasteiger partial charge on any atom is -0.493 e. The quantitative estimate of drug-likeness (QED) is 0.783. The Morgan fingerprint density at radius 1 is 1.18 bits per heavy atom. The van der Waals surface area contributed by atoms with E-state index in [2.05, 4.69) is 26.8 Å². The smallest absolute Gasteiger partial charge is 0.137 e. The lowest BCUT2D eigenvalue weighted by atomic mass is 9.91. The number of Topliss-reactive ketones (excluding diaryl/α,β-unsaturated/α-hetero) is 1. The molecule has 1 aliphatic carbocycles. The first-order valence-corrected chi connectivity index (χ1v) is 6.20. The predicted molar refractivity (Wildman–Crippen MR) is 68.4 cm³/mol. The van der Waals surface area contributed by atoms with E-state index in [1.807, 2.05) is 12.1 Å². The molecule has 0 spiro atoms. The molecule has 0 radical (unpaired) electrons. The van der Waals surface area contributed by atoms with Crippen molar-refractivity contribution in [1.82, 2.24) is 0 Å². The first-order valence-electron chi connectivity index (χ1n) is 6.20. The zero-order valence-electron chi connectivity index (χ0n) is 10.9. The summed E-state index contributed by atoms with van der Waals surface area (Å²) >= 11 is 0. The Kier molecular flexibility index (Phi) is 3.23. The average Bonchev–Trinajstić information content (AvgIpc) is 2.24. The van der Waals surface area contributed by atoms with Gasteiger partial charge in [-0.2, -0.15) is 0 Å². The van der Waals surface area contributed by atoms with Crippen molar-refractivity contribution in [3.05, 3.63) is 29.3 Å². The van der Waals surface area contributed by atoms with Crippen LogP contribution >= 0.6 is 0 Å². The maximum atomic E-state index is 11.4. The maximum Gasteiger partial charge on any atom is 0.137 e. The van der Waals surface area contributed by atoms with Crippen molar-refractivity contribution >= 4 is 5.78 Å². The second kappa shape index (κ2) is 4.52. The fourth-order valence-electron chi connectivity index (χ4n) is 1.98. The Balaban J connectivity index is 2.10. The number of aryl methyl sites for hydroxylation is 1. The molecular weight excluding hydrogens is 212 g/mol. The van der Waals surface area contributed by atoms with Crippen molar-refractivity contribution in [2.75, 3.05) is 6.61 Å². The summed E-state index contributed by atoms with van der Waals surface area (Å²) in [5.74, 6) is 1.22. The lowest BCUT2D eigenvalue weighted by Crippen LogP contribution is -2.17. The van der Waals surface area contributed by atoms with Gasteiger partial charge in [-0.3, -0.25) is 4.79 Å². The molecule has 0 N–H and O–H groups in total. The predicted octanol–water partition coefficient (Wildman–Crippen LogP) is 3.17. The fourth-order valence-corrected chi connectivity index (χ4v) is 1.98. The van der Waals surface area contributed by atoms with Crippen LogP contribution in [0.1, 0.15) is 38.3 Å². The number of benzene rings is 1. The number of carbonyl (C=O) groups excluding carboxylic acids is 1. The van der Waals surface area contributed by atoms with E-state index in [0.29, 0.717) is 25.2 Å². The van der Waals surface area contributed by atoms with Crippen LogP contribution in [0.25, 0.3) is 0 Å². The molecule has 0 aromatic heterocycles. The number of ketones is 1. The molecule has 0 saturated heterocycles. The molecular formula is C15H20O2. The number of hydrogen-bond acceptors (Lipinski definition) is 2. The number of rotatable bonds is 2. The Labute approximate surface area is 103 Å². The molecule has 2 rings (SSSR count). The third kappa shape index (κ3) is 3.32. The van der Waals surface area contributed by atoms with E-state index in [9.17, 15) is 4.79 Å². The summed E-state index contributed by atoms with van der Waals surface area (Å²) in [5, 5.41) is 0. The van der Waals surface area contributed by atoms with Gasteiger partial charge < -0.3 is 4.74 Å². The molecule has 92 valence electrons. The van der Waals surface area contributed by atoms with Gasteiger partial charge in [-0.25, -0.2) is 0 Å². The summed E-state index contributed by atoms with van der Waals surface area (Å²) in [6.45, 7) is 7.14. The van der Waals surface area contributed by atoms with Crippen LogP contribution in [0.4, 0.5) is 0 Å². The maximum absolute atomic E-state index is 11.4. The van der Waals surface area contributed by atoms with Crippen LogP contribution in [0.3, 0.4) is 0 Å². The highest BCUT2D eigenvalue weighted by atomic mass is 16.5. The van der Waals surface area contributed by atoms with Crippen LogP contribution in [0.2, 0.25) is 0 Å². The Hall–Kier alpha value is -1.31. The Morgan fingerprint density at radius 2 is 1.94 bits per heavy atom. The van der Waals surface area contributed by atoms with E-state index in [-0.39, 0.29) is 5.41 Å². The molecule has 0 aliphatic heterocycles. The monoisotopic (exact) mass is 232 g/mol. The van der Waals surface area contributed by atoms with Crippen LogP contribution in [0.15, 0.2) is 18.2 Å². The molecule has 2 nitrogen and oxygen atoms in total. The van der Waals surface area contributed by atoms with Crippen LogP contribution < -0.4 is 4.74 Å². The van der Waals surface area contributed by atoms with E-state index in [1.54, 1.807) is 0 Å². The standard InChI is InChI=1S/C15H20O2/c1-15(2,3)10-17-14-7-5-11-4-6-13(16)8-12(11)9-14/h5,7,9H,4,6,8,10H2,1-3H3. The summed E-state index contributed by atoms with van der Waals surface area (Å²) < 4.78 is 5.76. The second-order valence-electron chi connectivity index (χ2n) is 6.00. The van der Waals surface area contributed by atoms with E-state index in [4.69, 9.17) is 4.74 Å². The first kappa shape index (κ1) is 12.2. The largest absolute Gasteiger partial charge is 0.493 e. The average molecular weight is 232 g/mol. The topological polar surface area (TPSA) is 26.3 Å². The summed E-state index contributed by atoms with van der Waals surface area (Å²) in [6, 6.07) is 6.14. The SMILES string of the molecule is CC(C)(C)COc1ccc2c(c1)CC(=O)CC2. The van der Waals surface area contributed by atoms with E-state index in [1.165, 1.54) is 5.56 Å². The van der Waals surface area contributed by atoms with Crippen molar-refractivity contribution in [2.24, 2.45) is 5.41 Å². The van der Waals surface area contributed by atoms with Crippen molar-refractivity contribution in [3.63, 3.8) is 0 Å². The number of hydrogen-bond donors (Lipinski definition) is 0. The van der Waals surface area contributed by atoms with Gasteiger partial charge in [0.05, 0.1) is 6.61 Å². The van der Waals surface area contributed by atoms with Gasteiger partial charge in [0.25, 0.3) is 0 Å². The van der Waals surface area contributed by atoms with Crippen LogP contribution in [0, 0.1) is 5.41 Å². The molecule has 2 heteroatoms. The lowest BCUT2D eigenvalue weighted by Gasteiger charge is -2.20. The molecule has 0 amide bonds. The highest BCUT2D eigenvalue weighted by Crippen LogP contribution is 2.25. The van der Waals surface area contributed by atoms with E-state index < -0.39 is 0 Å².